The van der Waals surface area contributed by atoms with Gasteiger partial charge in [0.25, 0.3) is 0 Å². The summed E-state index contributed by atoms with van der Waals surface area (Å²) < 4.78 is 5.10. The Labute approximate surface area is 72.3 Å². The minimum absolute atomic E-state index is 0.0690. The van der Waals surface area contributed by atoms with E-state index in [4.69, 9.17) is 10.00 Å². The van der Waals surface area contributed by atoms with Gasteiger partial charge in [-0.2, -0.15) is 5.26 Å². The molecule has 1 aliphatic rings. The lowest BCUT2D eigenvalue weighted by Gasteiger charge is -2.13. The first-order chi connectivity index (χ1) is 5.77. The molecule has 66 valence electrons. The van der Waals surface area contributed by atoms with Crippen LogP contribution in [0.4, 0.5) is 0 Å². The summed E-state index contributed by atoms with van der Waals surface area (Å²) in [7, 11) is 0. The highest BCUT2D eigenvalue weighted by molar-refractivity contribution is 5.69. The number of carbonyl (C=O) groups is 1. The predicted molar refractivity (Wildman–Crippen MR) is 43.1 cm³/mol. The number of hydrogen-bond acceptors (Lipinski definition) is 3. The molecule has 0 unspecified atom stereocenters. The zero-order valence-electron chi connectivity index (χ0n) is 7.25. The van der Waals surface area contributed by atoms with Crippen molar-refractivity contribution < 1.29 is 9.53 Å². The van der Waals surface area contributed by atoms with Gasteiger partial charge in [-0.3, -0.25) is 4.79 Å². The van der Waals surface area contributed by atoms with Gasteiger partial charge in [0.2, 0.25) is 0 Å². The number of nitriles is 1. The van der Waals surface area contributed by atoms with Crippen molar-refractivity contribution in [3.8, 4) is 6.07 Å². The van der Waals surface area contributed by atoms with Crippen molar-refractivity contribution in [1.29, 1.82) is 5.26 Å². The van der Waals surface area contributed by atoms with Gasteiger partial charge in [0, 0.05) is 6.42 Å². The topological polar surface area (TPSA) is 50.1 Å². The summed E-state index contributed by atoms with van der Waals surface area (Å²) >= 11 is 0. The Balaban J connectivity index is 2.42. The van der Waals surface area contributed by atoms with E-state index in [2.05, 4.69) is 6.07 Å². The average molecular weight is 167 g/mol. The first-order valence-corrected chi connectivity index (χ1v) is 4.37. The Morgan fingerprint density at radius 2 is 2.42 bits per heavy atom. The first kappa shape index (κ1) is 9.05. The third kappa shape index (κ3) is 1.97. The molecule has 0 spiro atoms. The average Bonchev–Trinajstić information content (AvgIpc) is 2.51. The minimum Gasteiger partial charge on any atom is -0.461 e. The maximum absolute atomic E-state index is 10.9. The third-order valence-corrected chi connectivity index (χ3v) is 2.19. The molecule has 0 aromatic carbocycles. The molecule has 2 atom stereocenters. The van der Waals surface area contributed by atoms with E-state index in [-0.39, 0.29) is 18.0 Å². The van der Waals surface area contributed by atoms with Gasteiger partial charge in [-0.25, -0.2) is 0 Å². The van der Waals surface area contributed by atoms with Gasteiger partial charge in [-0.1, -0.05) is 6.92 Å². The molecule has 3 heteroatoms. The number of carbonyl (C=O) groups excluding carboxylic acids is 1. The smallest absolute Gasteiger partial charge is 0.305 e. The van der Waals surface area contributed by atoms with Crippen molar-refractivity contribution in [3.05, 3.63) is 0 Å². The van der Waals surface area contributed by atoms with Crippen molar-refractivity contribution in [3.63, 3.8) is 0 Å². The van der Waals surface area contributed by atoms with Crippen LogP contribution in [0.2, 0.25) is 0 Å². The lowest BCUT2D eigenvalue weighted by atomic mass is 10.1. The lowest BCUT2D eigenvalue weighted by molar-refractivity contribution is -0.149. The zero-order valence-corrected chi connectivity index (χ0v) is 7.25. The molecule has 0 saturated heterocycles. The molecule has 3 nitrogen and oxygen atoms in total. The Morgan fingerprint density at radius 3 is 3.00 bits per heavy atom. The lowest BCUT2D eigenvalue weighted by Crippen LogP contribution is -2.20. The molecule has 0 bridgehead atoms. The maximum Gasteiger partial charge on any atom is 0.305 e. The second kappa shape index (κ2) is 4.10. The molecule has 0 aromatic rings. The summed E-state index contributed by atoms with van der Waals surface area (Å²) in [4.78, 5) is 10.9. The molecule has 0 amide bonds. The van der Waals surface area contributed by atoms with Crippen molar-refractivity contribution in [2.75, 3.05) is 0 Å². The highest BCUT2D eigenvalue weighted by atomic mass is 16.5. The highest BCUT2D eigenvalue weighted by Gasteiger charge is 2.29. The zero-order chi connectivity index (χ0) is 8.97. The largest absolute Gasteiger partial charge is 0.461 e. The molecule has 0 aliphatic heterocycles. The van der Waals surface area contributed by atoms with Crippen LogP contribution in [0.3, 0.4) is 0 Å². The van der Waals surface area contributed by atoms with Gasteiger partial charge in [0.15, 0.2) is 0 Å². The van der Waals surface area contributed by atoms with E-state index in [0.717, 1.165) is 19.3 Å². The maximum atomic E-state index is 10.9. The van der Waals surface area contributed by atoms with Crippen LogP contribution >= 0.6 is 0 Å². The standard InChI is InChI=1S/C9H13NO2/c1-2-9(11)12-8-5-3-4-7(8)6-10/h7-8H,2-5H2,1H3/t7-,8-/m1/s1. The van der Waals surface area contributed by atoms with Crippen LogP contribution in [0, 0.1) is 17.2 Å². The number of esters is 1. The molecular formula is C9H13NO2. The van der Waals surface area contributed by atoms with E-state index in [1.807, 2.05) is 0 Å². The fourth-order valence-electron chi connectivity index (χ4n) is 1.47. The Morgan fingerprint density at radius 1 is 1.67 bits per heavy atom. The molecule has 1 fully saturated rings. The van der Waals surface area contributed by atoms with Crippen LogP contribution in [0.25, 0.3) is 0 Å². The number of ether oxygens (including phenoxy) is 1. The summed E-state index contributed by atoms with van der Waals surface area (Å²) in [5.41, 5.74) is 0. The fraction of sp³-hybridized carbons (Fsp3) is 0.778. The van der Waals surface area contributed by atoms with Crippen LogP contribution < -0.4 is 0 Å². The second-order valence-electron chi connectivity index (χ2n) is 3.05. The number of rotatable bonds is 2. The van der Waals surface area contributed by atoms with Crippen molar-refractivity contribution in [2.24, 2.45) is 5.92 Å². The molecule has 1 saturated carbocycles. The van der Waals surface area contributed by atoms with E-state index < -0.39 is 0 Å². The summed E-state index contributed by atoms with van der Waals surface area (Å²) in [6.07, 6.45) is 2.99. The third-order valence-electron chi connectivity index (χ3n) is 2.19. The Bertz CT molecular complexity index is 207. The minimum atomic E-state index is -0.192. The normalized spacial score (nSPS) is 28.0. The molecule has 1 aliphatic carbocycles. The van der Waals surface area contributed by atoms with Crippen LogP contribution in [-0.4, -0.2) is 12.1 Å². The van der Waals surface area contributed by atoms with E-state index in [1.165, 1.54) is 0 Å². The Kier molecular flexibility index (Phi) is 3.09. The Hall–Kier alpha value is -1.04. The first-order valence-electron chi connectivity index (χ1n) is 4.37. The highest BCUT2D eigenvalue weighted by Crippen LogP contribution is 2.27. The van der Waals surface area contributed by atoms with Gasteiger partial charge in [0.05, 0.1) is 12.0 Å². The fourth-order valence-corrected chi connectivity index (χ4v) is 1.47. The van der Waals surface area contributed by atoms with Crippen LogP contribution in [0.15, 0.2) is 0 Å². The number of hydrogen-bond donors (Lipinski definition) is 0. The summed E-state index contributed by atoms with van der Waals surface area (Å²) in [6, 6.07) is 2.17. The molecular weight excluding hydrogens is 154 g/mol. The van der Waals surface area contributed by atoms with Crippen LogP contribution in [-0.2, 0) is 9.53 Å². The molecule has 0 heterocycles. The molecule has 1 rings (SSSR count). The van der Waals surface area contributed by atoms with Gasteiger partial charge in [-0.15, -0.1) is 0 Å². The van der Waals surface area contributed by atoms with Crippen LogP contribution in [0.5, 0.6) is 0 Å². The van der Waals surface area contributed by atoms with Crippen molar-refractivity contribution >= 4 is 5.97 Å². The van der Waals surface area contributed by atoms with E-state index >= 15 is 0 Å². The van der Waals surface area contributed by atoms with E-state index in [9.17, 15) is 4.79 Å². The summed E-state index contributed by atoms with van der Waals surface area (Å²) in [5, 5.41) is 8.68. The van der Waals surface area contributed by atoms with Crippen molar-refractivity contribution in [1.82, 2.24) is 0 Å². The van der Waals surface area contributed by atoms with E-state index in [0.29, 0.717) is 6.42 Å². The van der Waals surface area contributed by atoms with Crippen molar-refractivity contribution in [2.45, 2.75) is 38.7 Å². The quantitative estimate of drug-likeness (QED) is 0.587. The van der Waals surface area contributed by atoms with Gasteiger partial charge in [-0.05, 0) is 19.3 Å². The van der Waals surface area contributed by atoms with Gasteiger partial charge >= 0.3 is 5.97 Å². The number of nitrogens with zero attached hydrogens (tertiary/aromatic N) is 1. The summed E-state index contributed by atoms with van der Waals surface area (Å²) in [5.74, 6) is -0.261. The second-order valence-corrected chi connectivity index (χ2v) is 3.05. The monoisotopic (exact) mass is 167 g/mol. The van der Waals surface area contributed by atoms with Gasteiger partial charge < -0.3 is 4.74 Å². The SMILES string of the molecule is CCC(=O)O[C@@H]1CCC[C@@H]1C#N. The molecule has 0 aromatic heterocycles. The summed E-state index contributed by atoms with van der Waals surface area (Å²) in [6.45, 7) is 1.76. The van der Waals surface area contributed by atoms with E-state index in [1.54, 1.807) is 6.92 Å². The van der Waals surface area contributed by atoms with Gasteiger partial charge in [0.1, 0.15) is 6.10 Å². The van der Waals surface area contributed by atoms with Crippen LogP contribution in [0.1, 0.15) is 32.6 Å². The molecule has 0 N–H and O–H groups in total. The molecule has 12 heavy (non-hydrogen) atoms. The predicted octanol–water partition coefficient (Wildman–Crippen LogP) is 1.63. The molecule has 0 radical (unpaired) electrons.